The lowest BCUT2D eigenvalue weighted by atomic mass is 10.0. The minimum atomic E-state index is -4.21. The van der Waals surface area contributed by atoms with Gasteiger partial charge in [-0.2, -0.15) is 4.31 Å². The number of rotatable bonds is 5. The van der Waals surface area contributed by atoms with Gasteiger partial charge in [-0.3, -0.25) is 0 Å². The minimum Gasteiger partial charge on any atom is -0.497 e. The van der Waals surface area contributed by atoms with E-state index in [1.54, 1.807) is 18.2 Å². The second kappa shape index (κ2) is 7.20. The molecule has 2 aromatic carbocycles. The number of hydrogen-bond acceptors (Lipinski definition) is 4. The maximum Gasteiger partial charge on any atom is 0.246 e. The molecule has 2 aromatic rings. The standard InChI is InChI=1S/C18H19F2NO4S/c1-24-13-6-8-17(25-2)14(11-13)16-4-3-9-21(16)26(22,23)18-10-12(19)5-7-15(18)20/h5-8,10-11,16H,3-4,9H2,1-2H3/t16-/m0/s1. The Morgan fingerprint density at radius 1 is 1.08 bits per heavy atom. The van der Waals surface area contributed by atoms with E-state index in [4.69, 9.17) is 9.47 Å². The third-order valence-electron chi connectivity index (χ3n) is 4.48. The van der Waals surface area contributed by atoms with E-state index in [2.05, 4.69) is 0 Å². The van der Waals surface area contributed by atoms with E-state index in [1.807, 2.05) is 0 Å². The molecule has 140 valence electrons. The van der Waals surface area contributed by atoms with Crippen LogP contribution in [0, 0.1) is 11.6 Å². The van der Waals surface area contributed by atoms with E-state index >= 15 is 0 Å². The van der Waals surface area contributed by atoms with Crippen LogP contribution in [-0.2, 0) is 10.0 Å². The molecule has 0 saturated carbocycles. The summed E-state index contributed by atoms with van der Waals surface area (Å²) in [6, 6.07) is 6.98. The maximum absolute atomic E-state index is 14.1. The highest BCUT2D eigenvalue weighted by Gasteiger charge is 2.39. The summed E-state index contributed by atoms with van der Waals surface area (Å²) < 4.78 is 65.4. The molecule has 0 spiro atoms. The molecule has 1 atom stereocenters. The first-order valence-electron chi connectivity index (χ1n) is 8.07. The summed E-state index contributed by atoms with van der Waals surface area (Å²) in [5.74, 6) is -0.714. The number of halogens is 2. The average molecular weight is 383 g/mol. The van der Waals surface area contributed by atoms with Crippen molar-refractivity contribution >= 4 is 10.0 Å². The van der Waals surface area contributed by atoms with Gasteiger partial charge in [0.25, 0.3) is 0 Å². The van der Waals surface area contributed by atoms with Gasteiger partial charge in [-0.1, -0.05) is 0 Å². The highest BCUT2D eigenvalue weighted by atomic mass is 32.2. The molecule has 1 fully saturated rings. The normalized spacial score (nSPS) is 18.1. The van der Waals surface area contributed by atoms with Gasteiger partial charge in [0.05, 0.1) is 20.3 Å². The Bertz CT molecular complexity index is 917. The largest absolute Gasteiger partial charge is 0.497 e. The van der Waals surface area contributed by atoms with E-state index < -0.39 is 32.6 Å². The Labute approximate surface area is 151 Å². The number of methoxy groups -OCH3 is 2. The van der Waals surface area contributed by atoms with Crippen molar-refractivity contribution in [2.75, 3.05) is 20.8 Å². The average Bonchev–Trinajstić information content (AvgIpc) is 3.13. The van der Waals surface area contributed by atoms with Crippen LogP contribution in [0.15, 0.2) is 41.3 Å². The topological polar surface area (TPSA) is 55.8 Å². The minimum absolute atomic E-state index is 0.212. The number of nitrogens with zero attached hydrogens (tertiary/aromatic N) is 1. The first-order chi connectivity index (χ1) is 12.4. The molecule has 0 radical (unpaired) electrons. The zero-order chi connectivity index (χ0) is 18.9. The van der Waals surface area contributed by atoms with Crippen molar-refractivity contribution in [2.24, 2.45) is 0 Å². The summed E-state index contributed by atoms with van der Waals surface area (Å²) in [4.78, 5) is -0.661. The van der Waals surface area contributed by atoms with Crippen molar-refractivity contribution in [1.29, 1.82) is 0 Å². The summed E-state index contributed by atoms with van der Waals surface area (Å²) in [7, 11) is -1.21. The second-order valence-electron chi connectivity index (χ2n) is 5.96. The molecule has 1 aliphatic heterocycles. The zero-order valence-electron chi connectivity index (χ0n) is 14.4. The van der Waals surface area contributed by atoms with Crippen molar-refractivity contribution in [3.8, 4) is 11.5 Å². The maximum atomic E-state index is 14.1. The predicted molar refractivity (Wildman–Crippen MR) is 91.8 cm³/mol. The number of ether oxygens (including phenoxy) is 2. The smallest absolute Gasteiger partial charge is 0.246 e. The third kappa shape index (κ3) is 3.26. The Hall–Kier alpha value is -2.19. The molecular weight excluding hydrogens is 364 g/mol. The molecule has 0 aliphatic carbocycles. The van der Waals surface area contributed by atoms with Gasteiger partial charge in [0.1, 0.15) is 28.0 Å². The summed E-state index contributed by atoms with van der Waals surface area (Å²) >= 11 is 0. The van der Waals surface area contributed by atoms with Crippen LogP contribution in [0.5, 0.6) is 11.5 Å². The van der Waals surface area contributed by atoms with Crippen LogP contribution in [0.25, 0.3) is 0 Å². The summed E-state index contributed by atoms with van der Waals surface area (Å²) in [6.07, 6.45) is 1.14. The number of hydrogen-bond donors (Lipinski definition) is 0. The Morgan fingerprint density at radius 3 is 2.54 bits per heavy atom. The van der Waals surface area contributed by atoms with E-state index in [1.165, 1.54) is 18.5 Å². The van der Waals surface area contributed by atoms with E-state index in [0.717, 1.165) is 12.1 Å². The molecule has 0 N–H and O–H groups in total. The lowest BCUT2D eigenvalue weighted by Crippen LogP contribution is -2.31. The molecule has 1 aliphatic rings. The molecule has 3 rings (SSSR count). The molecule has 26 heavy (non-hydrogen) atoms. The molecular formula is C18H19F2NO4S. The van der Waals surface area contributed by atoms with Crippen molar-refractivity contribution < 1.29 is 26.7 Å². The van der Waals surface area contributed by atoms with Crippen LogP contribution in [0.2, 0.25) is 0 Å². The highest BCUT2D eigenvalue weighted by molar-refractivity contribution is 7.89. The fourth-order valence-electron chi connectivity index (χ4n) is 3.24. The van der Waals surface area contributed by atoms with Crippen LogP contribution >= 0.6 is 0 Å². The van der Waals surface area contributed by atoms with Gasteiger partial charge >= 0.3 is 0 Å². The Balaban J connectivity index is 2.07. The number of benzene rings is 2. The fourth-order valence-corrected chi connectivity index (χ4v) is 4.99. The van der Waals surface area contributed by atoms with Gasteiger partial charge in [0, 0.05) is 12.1 Å². The lowest BCUT2D eigenvalue weighted by Gasteiger charge is -2.26. The van der Waals surface area contributed by atoms with Crippen molar-refractivity contribution in [3.63, 3.8) is 0 Å². The Kier molecular flexibility index (Phi) is 5.15. The van der Waals surface area contributed by atoms with Gasteiger partial charge in [-0.25, -0.2) is 17.2 Å². The second-order valence-corrected chi connectivity index (χ2v) is 7.82. The van der Waals surface area contributed by atoms with Gasteiger partial charge < -0.3 is 9.47 Å². The third-order valence-corrected chi connectivity index (χ3v) is 6.40. The van der Waals surface area contributed by atoms with Gasteiger partial charge in [0.2, 0.25) is 10.0 Å². The molecule has 0 bridgehead atoms. The lowest BCUT2D eigenvalue weighted by molar-refractivity contribution is 0.360. The van der Waals surface area contributed by atoms with E-state index in [0.29, 0.717) is 36.0 Å². The quantitative estimate of drug-likeness (QED) is 0.793. The molecule has 0 unspecified atom stereocenters. The van der Waals surface area contributed by atoms with Crippen LogP contribution in [0.1, 0.15) is 24.4 Å². The molecule has 5 nitrogen and oxygen atoms in total. The predicted octanol–water partition coefficient (Wildman–Crippen LogP) is 3.51. The van der Waals surface area contributed by atoms with Gasteiger partial charge in [-0.05, 0) is 49.2 Å². The first-order valence-corrected chi connectivity index (χ1v) is 9.51. The summed E-state index contributed by atoms with van der Waals surface area (Å²) in [5, 5.41) is 0. The molecule has 0 amide bonds. The molecule has 1 heterocycles. The van der Waals surface area contributed by atoms with Crippen LogP contribution in [-0.4, -0.2) is 33.5 Å². The fraction of sp³-hybridized carbons (Fsp3) is 0.333. The molecule has 8 heteroatoms. The van der Waals surface area contributed by atoms with Crippen molar-refractivity contribution in [1.82, 2.24) is 4.31 Å². The Morgan fingerprint density at radius 2 is 1.85 bits per heavy atom. The number of sulfonamides is 1. The molecule has 0 aromatic heterocycles. The molecule has 1 saturated heterocycles. The van der Waals surface area contributed by atoms with Crippen LogP contribution < -0.4 is 9.47 Å². The van der Waals surface area contributed by atoms with Gasteiger partial charge in [-0.15, -0.1) is 0 Å². The van der Waals surface area contributed by atoms with Crippen molar-refractivity contribution in [2.45, 2.75) is 23.8 Å². The summed E-state index contributed by atoms with van der Waals surface area (Å²) in [6.45, 7) is 0.212. The highest BCUT2D eigenvalue weighted by Crippen LogP contribution is 2.42. The zero-order valence-corrected chi connectivity index (χ0v) is 15.2. The monoisotopic (exact) mass is 383 g/mol. The van der Waals surface area contributed by atoms with Crippen LogP contribution in [0.4, 0.5) is 8.78 Å². The van der Waals surface area contributed by atoms with Crippen LogP contribution in [0.3, 0.4) is 0 Å². The van der Waals surface area contributed by atoms with Gasteiger partial charge in [0.15, 0.2) is 0 Å². The van der Waals surface area contributed by atoms with E-state index in [9.17, 15) is 17.2 Å². The summed E-state index contributed by atoms with van der Waals surface area (Å²) in [5.41, 5.74) is 0.629. The first kappa shape index (κ1) is 18.6. The SMILES string of the molecule is COc1ccc(OC)c([C@@H]2CCCN2S(=O)(=O)c2cc(F)ccc2F)c1. The van der Waals surface area contributed by atoms with Crippen molar-refractivity contribution in [3.05, 3.63) is 53.6 Å². The van der Waals surface area contributed by atoms with E-state index in [-0.39, 0.29) is 6.54 Å².